The van der Waals surface area contributed by atoms with Crippen LogP contribution < -0.4 is 0 Å². The van der Waals surface area contributed by atoms with Crippen molar-refractivity contribution in [3.05, 3.63) is 0 Å². The molecule has 0 fully saturated rings. The average molecular weight is 190 g/mol. The summed E-state index contributed by atoms with van der Waals surface area (Å²) >= 11 is 0. The van der Waals surface area contributed by atoms with E-state index in [4.69, 9.17) is 15.3 Å². The molecule has 0 aliphatic carbocycles. The second-order valence-electron chi connectivity index (χ2n) is 2.57. The van der Waals surface area contributed by atoms with Crippen LogP contribution in [0.5, 0.6) is 0 Å². The Balaban J connectivity index is 4.02. The summed E-state index contributed by atoms with van der Waals surface area (Å²) in [6, 6.07) is 0. The molecule has 6 heteroatoms. The van der Waals surface area contributed by atoms with Crippen LogP contribution in [0.25, 0.3) is 0 Å². The Morgan fingerprint density at radius 1 is 1.00 bits per heavy atom. The SMILES string of the molecule is O=C(O)CC[C@@H](CC(=O)O)C(=O)O. The minimum absolute atomic E-state index is 0.156. The van der Waals surface area contributed by atoms with Crippen LogP contribution in [0.1, 0.15) is 19.3 Å². The van der Waals surface area contributed by atoms with Gasteiger partial charge in [0, 0.05) is 6.42 Å². The van der Waals surface area contributed by atoms with Gasteiger partial charge in [0.05, 0.1) is 12.3 Å². The Bertz CT molecular complexity index is 221. The third-order valence-corrected chi connectivity index (χ3v) is 1.48. The monoisotopic (exact) mass is 190 g/mol. The van der Waals surface area contributed by atoms with Crippen LogP contribution in [0, 0.1) is 5.92 Å². The maximum Gasteiger partial charge on any atom is 0.307 e. The van der Waals surface area contributed by atoms with Gasteiger partial charge in [-0.25, -0.2) is 0 Å². The molecule has 0 aromatic rings. The Kier molecular flexibility index (Phi) is 4.50. The molecule has 0 amide bonds. The fraction of sp³-hybridized carbons (Fsp3) is 0.571. The van der Waals surface area contributed by atoms with Crippen molar-refractivity contribution in [1.29, 1.82) is 0 Å². The summed E-state index contributed by atoms with van der Waals surface area (Å²) in [6.07, 6.45) is -1.02. The molecule has 6 nitrogen and oxygen atoms in total. The first-order chi connectivity index (χ1) is 5.93. The molecule has 0 aromatic carbocycles. The van der Waals surface area contributed by atoms with E-state index in [1.54, 1.807) is 0 Å². The Labute approximate surface area is 73.8 Å². The van der Waals surface area contributed by atoms with Gasteiger partial charge in [-0.3, -0.25) is 14.4 Å². The maximum absolute atomic E-state index is 10.4. The van der Waals surface area contributed by atoms with Gasteiger partial charge < -0.3 is 15.3 Å². The molecule has 0 saturated carbocycles. The fourth-order valence-electron chi connectivity index (χ4n) is 0.821. The zero-order valence-corrected chi connectivity index (χ0v) is 6.77. The van der Waals surface area contributed by atoms with Gasteiger partial charge in [-0.2, -0.15) is 0 Å². The molecule has 1 atom stereocenters. The van der Waals surface area contributed by atoms with Crippen LogP contribution in [-0.2, 0) is 14.4 Å². The zero-order valence-electron chi connectivity index (χ0n) is 6.77. The van der Waals surface area contributed by atoms with Crippen molar-refractivity contribution in [2.75, 3.05) is 0 Å². The molecule has 0 heterocycles. The van der Waals surface area contributed by atoms with E-state index < -0.39 is 30.2 Å². The van der Waals surface area contributed by atoms with E-state index >= 15 is 0 Å². The van der Waals surface area contributed by atoms with E-state index in [1.165, 1.54) is 0 Å². The highest BCUT2D eigenvalue weighted by molar-refractivity contribution is 5.78. The summed E-state index contributed by atoms with van der Waals surface area (Å²) in [5.41, 5.74) is 0. The molecule has 3 N–H and O–H groups in total. The van der Waals surface area contributed by atoms with E-state index in [0.717, 1.165) is 0 Å². The van der Waals surface area contributed by atoms with Crippen LogP contribution in [0.2, 0.25) is 0 Å². The van der Waals surface area contributed by atoms with Gasteiger partial charge in [0.2, 0.25) is 0 Å². The first-order valence-electron chi connectivity index (χ1n) is 3.60. The molecule has 0 unspecified atom stereocenters. The molecule has 74 valence electrons. The summed E-state index contributed by atoms with van der Waals surface area (Å²) in [5, 5.41) is 25.0. The van der Waals surface area contributed by atoms with E-state index in [2.05, 4.69) is 0 Å². The molecule has 0 aromatic heterocycles. The largest absolute Gasteiger partial charge is 0.481 e. The number of hydrogen-bond acceptors (Lipinski definition) is 3. The summed E-state index contributed by atoms with van der Waals surface area (Å²) in [6.45, 7) is 0. The predicted octanol–water partition coefficient (Wildman–Crippen LogP) is 0.0267. The Hall–Kier alpha value is -1.59. The minimum Gasteiger partial charge on any atom is -0.481 e. The zero-order chi connectivity index (χ0) is 10.4. The van der Waals surface area contributed by atoms with Crippen molar-refractivity contribution < 1.29 is 29.7 Å². The first-order valence-corrected chi connectivity index (χ1v) is 3.60. The molecular weight excluding hydrogens is 180 g/mol. The summed E-state index contributed by atoms with van der Waals surface area (Å²) in [4.78, 5) is 30.6. The number of rotatable bonds is 6. The van der Waals surface area contributed by atoms with E-state index in [1.807, 2.05) is 0 Å². The number of aliphatic carboxylic acids is 3. The smallest absolute Gasteiger partial charge is 0.307 e. The topological polar surface area (TPSA) is 112 Å². The average Bonchev–Trinajstić information content (AvgIpc) is 1.96. The van der Waals surface area contributed by atoms with Crippen LogP contribution >= 0.6 is 0 Å². The minimum atomic E-state index is -1.27. The molecule has 0 bridgehead atoms. The van der Waals surface area contributed by atoms with Crippen molar-refractivity contribution in [2.24, 2.45) is 5.92 Å². The number of carboxylic acids is 3. The van der Waals surface area contributed by atoms with E-state index in [0.29, 0.717) is 0 Å². The lowest BCUT2D eigenvalue weighted by molar-refractivity contribution is -0.149. The van der Waals surface area contributed by atoms with Crippen LogP contribution in [-0.4, -0.2) is 33.2 Å². The first kappa shape index (κ1) is 11.4. The highest BCUT2D eigenvalue weighted by Gasteiger charge is 2.21. The summed E-state index contributed by atoms with van der Waals surface area (Å²) in [7, 11) is 0. The van der Waals surface area contributed by atoms with Gasteiger partial charge >= 0.3 is 17.9 Å². The normalized spacial score (nSPS) is 12.0. The van der Waals surface area contributed by atoms with Gasteiger partial charge in [-0.15, -0.1) is 0 Å². The lowest BCUT2D eigenvalue weighted by atomic mass is 10.00. The van der Waals surface area contributed by atoms with Gasteiger partial charge in [-0.05, 0) is 6.42 Å². The molecule has 0 aliphatic heterocycles. The molecule has 0 saturated heterocycles. The van der Waals surface area contributed by atoms with Crippen molar-refractivity contribution in [3.8, 4) is 0 Å². The van der Waals surface area contributed by atoms with Gasteiger partial charge in [0.1, 0.15) is 0 Å². The van der Waals surface area contributed by atoms with Crippen molar-refractivity contribution >= 4 is 17.9 Å². The second-order valence-corrected chi connectivity index (χ2v) is 2.57. The lowest BCUT2D eigenvalue weighted by Gasteiger charge is -2.06. The standard InChI is InChI=1S/C7H10O6/c8-5(9)2-1-4(7(12)13)3-6(10)11/h4H,1-3H2,(H,8,9)(H,10,11)(H,12,13)/t4-/m0/s1. The molecule has 13 heavy (non-hydrogen) atoms. The highest BCUT2D eigenvalue weighted by Crippen LogP contribution is 2.11. The van der Waals surface area contributed by atoms with Crippen LogP contribution in [0.15, 0.2) is 0 Å². The molecule has 0 aliphatic rings. The van der Waals surface area contributed by atoms with Gasteiger partial charge in [-0.1, -0.05) is 0 Å². The van der Waals surface area contributed by atoms with Crippen molar-refractivity contribution in [1.82, 2.24) is 0 Å². The lowest BCUT2D eigenvalue weighted by Crippen LogP contribution is -2.18. The third-order valence-electron chi connectivity index (χ3n) is 1.48. The van der Waals surface area contributed by atoms with Crippen molar-refractivity contribution in [3.63, 3.8) is 0 Å². The molecule has 0 radical (unpaired) electrons. The Morgan fingerprint density at radius 3 is 1.85 bits per heavy atom. The summed E-state index contributed by atoms with van der Waals surface area (Å²) < 4.78 is 0. The number of carbonyl (C=O) groups is 3. The Morgan fingerprint density at radius 2 is 1.54 bits per heavy atom. The van der Waals surface area contributed by atoms with Crippen molar-refractivity contribution in [2.45, 2.75) is 19.3 Å². The molecule has 0 rings (SSSR count). The number of hydrogen-bond donors (Lipinski definition) is 3. The highest BCUT2D eigenvalue weighted by atomic mass is 16.4. The van der Waals surface area contributed by atoms with Crippen LogP contribution in [0.4, 0.5) is 0 Å². The maximum atomic E-state index is 10.4. The van der Waals surface area contributed by atoms with E-state index in [-0.39, 0.29) is 12.8 Å². The van der Waals surface area contributed by atoms with Crippen LogP contribution in [0.3, 0.4) is 0 Å². The quantitative estimate of drug-likeness (QED) is 0.544. The fourth-order valence-corrected chi connectivity index (χ4v) is 0.821. The summed E-state index contributed by atoms with van der Waals surface area (Å²) in [5.74, 6) is -4.76. The number of carboxylic acid groups (broad SMARTS) is 3. The van der Waals surface area contributed by atoms with E-state index in [9.17, 15) is 14.4 Å². The van der Waals surface area contributed by atoms with Gasteiger partial charge in [0.25, 0.3) is 0 Å². The third kappa shape index (κ3) is 5.66. The molecule has 0 spiro atoms. The second kappa shape index (κ2) is 5.13. The van der Waals surface area contributed by atoms with Gasteiger partial charge in [0.15, 0.2) is 0 Å². The molecular formula is C7H10O6. The predicted molar refractivity (Wildman–Crippen MR) is 40.2 cm³/mol.